The number of hydrogen-bond acceptors (Lipinski definition) is 4. The van der Waals surface area contributed by atoms with Crippen LogP contribution in [0, 0.1) is 5.82 Å². The van der Waals surface area contributed by atoms with Gasteiger partial charge in [0.05, 0.1) is 6.61 Å². The minimum absolute atomic E-state index is 0.273. The number of anilines is 1. The zero-order chi connectivity index (χ0) is 17.5. The Morgan fingerprint density at radius 1 is 1.29 bits per heavy atom. The molecule has 24 heavy (non-hydrogen) atoms. The highest BCUT2D eigenvalue weighted by Gasteiger charge is 2.22. The van der Waals surface area contributed by atoms with E-state index in [1.54, 1.807) is 19.1 Å². The number of carbonyl (C=O) groups excluding carboxylic acids is 1. The third kappa shape index (κ3) is 4.52. The van der Waals surface area contributed by atoms with Gasteiger partial charge in [0.2, 0.25) is 0 Å². The van der Waals surface area contributed by atoms with Crippen LogP contribution in [0.5, 0.6) is 0 Å². The van der Waals surface area contributed by atoms with Gasteiger partial charge in [0.25, 0.3) is 0 Å². The summed E-state index contributed by atoms with van der Waals surface area (Å²) >= 11 is 6.60. The van der Waals surface area contributed by atoms with Crippen LogP contribution in [0.1, 0.15) is 30.6 Å². The Morgan fingerprint density at radius 3 is 2.62 bits per heavy atom. The molecule has 1 heterocycles. The number of rotatable bonds is 6. The second-order valence-corrected chi connectivity index (χ2v) is 6.25. The molecule has 0 spiro atoms. The number of nitrogens with one attached hydrogen (secondary N) is 2. The van der Waals surface area contributed by atoms with Crippen LogP contribution in [0.3, 0.4) is 0 Å². The van der Waals surface area contributed by atoms with Crippen molar-refractivity contribution < 1.29 is 13.9 Å². The van der Waals surface area contributed by atoms with Gasteiger partial charge >= 0.3 is 5.97 Å². The molecular formula is C17H19FN2O2S2. The van der Waals surface area contributed by atoms with E-state index in [-0.39, 0.29) is 12.4 Å². The van der Waals surface area contributed by atoms with E-state index in [0.717, 1.165) is 18.5 Å². The number of esters is 1. The number of thiophene rings is 1. The molecule has 0 saturated carbocycles. The lowest BCUT2D eigenvalue weighted by Crippen LogP contribution is -2.29. The van der Waals surface area contributed by atoms with Crippen LogP contribution in [0.2, 0.25) is 0 Å². The van der Waals surface area contributed by atoms with Gasteiger partial charge < -0.3 is 15.4 Å². The van der Waals surface area contributed by atoms with Crippen molar-refractivity contribution in [3.63, 3.8) is 0 Å². The number of carbonyl (C=O) groups is 1. The topological polar surface area (TPSA) is 50.4 Å². The normalized spacial score (nSPS) is 10.3. The van der Waals surface area contributed by atoms with Crippen molar-refractivity contribution in [2.45, 2.75) is 20.3 Å². The monoisotopic (exact) mass is 366 g/mol. The highest BCUT2D eigenvalue weighted by atomic mass is 32.1. The van der Waals surface area contributed by atoms with E-state index >= 15 is 0 Å². The van der Waals surface area contributed by atoms with Crippen molar-refractivity contribution >= 4 is 39.6 Å². The first-order chi connectivity index (χ1) is 11.6. The van der Waals surface area contributed by atoms with Gasteiger partial charge in [-0.3, -0.25) is 0 Å². The second-order valence-electron chi connectivity index (χ2n) is 4.96. The molecule has 0 fully saturated rings. The van der Waals surface area contributed by atoms with Crippen molar-refractivity contribution in [2.75, 3.05) is 18.5 Å². The maximum Gasteiger partial charge on any atom is 0.341 e. The Morgan fingerprint density at radius 2 is 2.00 bits per heavy atom. The van der Waals surface area contributed by atoms with Gasteiger partial charge in [-0.15, -0.1) is 11.3 Å². The Bertz CT molecular complexity index is 714. The summed E-state index contributed by atoms with van der Waals surface area (Å²) in [6.07, 6.45) is 0.942. The van der Waals surface area contributed by atoms with E-state index in [2.05, 4.69) is 10.6 Å². The smallest absolute Gasteiger partial charge is 0.341 e. The summed E-state index contributed by atoms with van der Waals surface area (Å²) < 4.78 is 18.3. The van der Waals surface area contributed by atoms with Crippen LogP contribution >= 0.6 is 23.6 Å². The predicted molar refractivity (Wildman–Crippen MR) is 100 cm³/mol. The van der Waals surface area contributed by atoms with E-state index in [0.29, 0.717) is 21.2 Å². The lowest BCUT2D eigenvalue weighted by atomic mass is 10.0. The van der Waals surface area contributed by atoms with E-state index in [1.165, 1.54) is 23.5 Å². The molecule has 2 rings (SSSR count). The molecule has 0 bridgehead atoms. The van der Waals surface area contributed by atoms with Crippen LogP contribution in [0.25, 0.3) is 11.1 Å². The second kappa shape index (κ2) is 8.75. The first kappa shape index (κ1) is 18.4. The van der Waals surface area contributed by atoms with Gasteiger partial charge in [-0.1, -0.05) is 19.1 Å². The van der Waals surface area contributed by atoms with E-state index in [1.807, 2.05) is 12.3 Å². The molecule has 0 atom stereocenters. The third-order valence-corrected chi connectivity index (χ3v) is 4.33. The van der Waals surface area contributed by atoms with Crippen LogP contribution in [-0.4, -0.2) is 24.2 Å². The molecule has 0 amide bonds. The number of hydrogen-bond donors (Lipinski definition) is 2. The van der Waals surface area contributed by atoms with Crippen molar-refractivity contribution in [1.29, 1.82) is 0 Å². The molecule has 0 unspecified atom stereocenters. The Balaban J connectivity index is 2.35. The zero-order valence-corrected chi connectivity index (χ0v) is 15.2. The lowest BCUT2D eigenvalue weighted by Gasteiger charge is -2.11. The summed E-state index contributed by atoms with van der Waals surface area (Å²) in [4.78, 5) is 12.4. The van der Waals surface area contributed by atoms with Gasteiger partial charge in [0.15, 0.2) is 5.11 Å². The molecule has 2 aromatic rings. The molecule has 1 aromatic heterocycles. The highest BCUT2D eigenvalue weighted by Crippen LogP contribution is 2.36. The quantitative estimate of drug-likeness (QED) is 0.585. The van der Waals surface area contributed by atoms with Gasteiger partial charge in [0, 0.05) is 17.5 Å². The minimum atomic E-state index is -0.432. The number of halogens is 1. The summed E-state index contributed by atoms with van der Waals surface area (Å²) in [6.45, 7) is 4.81. The van der Waals surface area contributed by atoms with E-state index < -0.39 is 5.97 Å². The SMILES string of the molecule is CCCNC(=S)Nc1scc(-c2ccc(F)cc2)c1C(=O)OCC. The van der Waals surface area contributed by atoms with Gasteiger partial charge in [-0.2, -0.15) is 0 Å². The number of ether oxygens (including phenoxy) is 1. The van der Waals surface area contributed by atoms with Crippen molar-refractivity contribution in [3.8, 4) is 11.1 Å². The maximum absolute atomic E-state index is 13.2. The molecule has 0 saturated heterocycles. The molecule has 0 aliphatic heterocycles. The summed E-state index contributed by atoms with van der Waals surface area (Å²) in [7, 11) is 0. The average Bonchev–Trinajstić information content (AvgIpc) is 2.97. The van der Waals surface area contributed by atoms with Gasteiger partial charge in [-0.05, 0) is 43.3 Å². The first-order valence-corrected chi connectivity index (χ1v) is 8.95. The molecule has 2 N–H and O–H groups in total. The summed E-state index contributed by atoms with van der Waals surface area (Å²) in [5.41, 5.74) is 1.85. The molecule has 0 aliphatic carbocycles. The maximum atomic E-state index is 13.2. The molecule has 0 aliphatic rings. The highest BCUT2D eigenvalue weighted by molar-refractivity contribution is 7.80. The lowest BCUT2D eigenvalue weighted by molar-refractivity contribution is 0.0529. The molecule has 4 nitrogen and oxygen atoms in total. The molecular weight excluding hydrogens is 347 g/mol. The van der Waals surface area contributed by atoms with Crippen molar-refractivity contribution in [3.05, 3.63) is 41.0 Å². The van der Waals surface area contributed by atoms with Gasteiger partial charge in [-0.25, -0.2) is 9.18 Å². The van der Waals surface area contributed by atoms with Crippen LogP contribution in [-0.2, 0) is 4.74 Å². The standard InChI is InChI=1S/C17H19FN2O2S2/c1-3-9-19-17(23)20-15-14(16(21)22-4-2)13(10-24-15)11-5-7-12(18)8-6-11/h5-8,10H,3-4,9H2,1-2H3,(H2,19,20,23). The number of thiocarbonyl (C=S) groups is 1. The Labute approximate surface area is 150 Å². The fourth-order valence-electron chi connectivity index (χ4n) is 2.08. The predicted octanol–water partition coefficient (Wildman–Crippen LogP) is 4.43. The zero-order valence-electron chi connectivity index (χ0n) is 13.5. The number of benzene rings is 1. The fraction of sp³-hybridized carbons (Fsp3) is 0.294. The fourth-order valence-corrected chi connectivity index (χ4v) is 3.31. The Hall–Kier alpha value is -1.99. The average molecular weight is 366 g/mol. The summed E-state index contributed by atoms with van der Waals surface area (Å²) in [5, 5.41) is 9.01. The van der Waals surface area contributed by atoms with Crippen molar-refractivity contribution in [1.82, 2.24) is 5.32 Å². The molecule has 7 heteroatoms. The van der Waals surface area contributed by atoms with Gasteiger partial charge in [0.1, 0.15) is 16.4 Å². The van der Waals surface area contributed by atoms with Crippen molar-refractivity contribution in [2.24, 2.45) is 0 Å². The summed E-state index contributed by atoms with van der Waals surface area (Å²) in [6, 6.07) is 6.00. The third-order valence-electron chi connectivity index (χ3n) is 3.19. The largest absolute Gasteiger partial charge is 0.462 e. The molecule has 128 valence electrons. The Kier molecular flexibility index (Phi) is 6.69. The molecule has 0 radical (unpaired) electrons. The van der Waals surface area contributed by atoms with E-state index in [9.17, 15) is 9.18 Å². The van der Waals surface area contributed by atoms with E-state index in [4.69, 9.17) is 17.0 Å². The first-order valence-electron chi connectivity index (χ1n) is 7.66. The summed E-state index contributed by atoms with van der Waals surface area (Å²) in [5.74, 6) is -0.756. The molecule has 1 aromatic carbocycles. The van der Waals surface area contributed by atoms with Crippen LogP contribution in [0.15, 0.2) is 29.6 Å². The van der Waals surface area contributed by atoms with Crippen LogP contribution < -0.4 is 10.6 Å². The minimum Gasteiger partial charge on any atom is -0.462 e. The van der Waals surface area contributed by atoms with Crippen LogP contribution in [0.4, 0.5) is 9.39 Å².